The van der Waals surface area contributed by atoms with E-state index in [1.807, 2.05) is 18.4 Å². The van der Waals surface area contributed by atoms with E-state index >= 15 is 0 Å². The SMILES string of the molecule is C=CCn1c(SCC(=O)Nc2ccc(F)cc2)nnc1[C@@H](NC(=O)c1ccccc1Cl)C(C)C. The van der Waals surface area contributed by atoms with E-state index in [4.69, 9.17) is 11.6 Å². The largest absolute Gasteiger partial charge is 0.342 e. The molecule has 0 aliphatic rings. The summed E-state index contributed by atoms with van der Waals surface area (Å²) in [4.78, 5) is 25.2. The minimum Gasteiger partial charge on any atom is -0.342 e. The number of hydrogen-bond acceptors (Lipinski definition) is 5. The summed E-state index contributed by atoms with van der Waals surface area (Å²) in [7, 11) is 0. The van der Waals surface area contributed by atoms with Gasteiger partial charge in [0.2, 0.25) is 5.91 Å². The lowest BCUT2D eigenvalue weighted by Crippen LogP contribution is -2.34. The number of benzene rings is 2. The number of nitrogens with one attached hydrogen (secondary N) is 2. The van der Waals surface area contributed by atoms with E-state index in [1.54, 1.807) is 30.3 Å². The molecule has 1 heterocycles. The van der Waals surface area contributed by atoms with Crippen LogP contribution in [0.1, 0.15) is 36.1 Å². The molecular weight excluding hydrogens is 477 g/mol. The van der Waals surface area contributed by atoms with Gasteiger partial charge in [0.1, 0.15) is 5.82 Å². The molecule has 7 nitrogen and oxygen atoms in total. The lowest BCUT2D eigenvalue weighted by Gasteiger charge is -2.23. The number of carbonyl (C=O) groups excluding carboxylic acids is 2. The quantitative estimate of drug-likeness (QED) is 0.297. The summed E-state index contributed by atoms with van der Waals surface area (Å²) in [6, 6.07) is 11.9. The summed E-state index contributed by atoms with van der Waals surface area (Å²) >= 11 is 7.39. The molecule has 34 heavy (non-hydrogen) atoms. The molecule has 2 aromatic carbocycles. The van der Waals surface area contributed by atoms with Crippen molar-refractivity contribution in [3.8, 4) is 0 Å². The third-order valence-electron chi connectivity index (χ3n) is 4.87. The highest BCUT2D eigenvalue weighted by Crippen LogP contribution is 2.26. The Morgan fingerprint density at radius 3 is 2.53 bits per heavy atom. The molecule has 0 spiro atoms. The predicted molar refractivity (Wildman–Crippen MR) is 132 cm³/mol. The summed E-state index contributed by atoms with van der Waals surface area (Å²) in [5.41, 5.74) is 0.874. The first-order valence-corrected chi connectivity index (χ1v) is 11.9. The number of hydrogen-bond donors (Lipinski definition) is 2. The fourth-order valence-electron chi connectivity index (χ4n) is 3.19. The normalized spacial score (nSPS) is 11.8. The van der Waals surface area contributed by atoms with Crippen molar-refractivity contribution in [2.24, 2.45) is 5.92 Å². The summed E-state index contributed by atoms with van der Waals surface area (Å²) < 4.78 is 14.9. The molecule has 0 unspecified atom stereocenters. The maximum absolute atomic E-state index is 13.1. The molecule has 0 radical (unpaired) electrons. The first kappa shape index (κ1) is 25.5. The fraction of sp³-hybridized carbons (Fsp3) is 0.250. The molecule has 3 rings (SSSR count). The molecule has 0 saturated heterocycles. The summed E-state index contributed by atoms with van der Waals surface area (Å²) in [6.07, 6.45) is 1.70. The van der Waals surface area contributed by atoms with Gasteiger partial charge in [-0.25, -0.2) is 4.39 Å². The van der Waals surface area contributed by atoms with Crippen molar-refractivity contribution in [2.45, 2.75) is 31.6 Å². The van der Waals surface area contributed by atoms with Crippen LogP contribution in [0.3, 0.4) is 0 Å². The number of rotatable bonds is 10. The maximum atomic E-state index is 13.1. The first-order chi connectivity index (χ1) is 16.3. The van der Waals surface area contributed by atoms with Crippen LogP contribution in [0.2, 0.25) is 5.02 Å². The molecule has 3 aromatic rings. The van der Waals surface area contributed by atoms with Crippen LogP contribution in [-0.2, 0) is 11.3 Å². The Kier molecular flexibility index (Phi) is 8.84. The molecule has 1 aromatic heterocycles. The number of aromatic nitrogens is 3. The van der Waals surface area contributed by atoms with E-state index in [0.717, 1.165) is 0 Å². The highest BCUT2D eigenvalue weighted by molar-refractivity contribution is 7.99. The van der Waals surface area contributed by atoms with Gasteiger partial charge < -0.3 is 15.2 Å². The Morgan fingerprint density at radius 2 is 1.88 bits per heavy atom. The van der Waals surface area contributed by atoms with Crippen LogP contribution >= 0.6 is 23.4 Å². The van der Waals surface area contributed by atoms with E-state index in [9.17, 15) is 14.0 Å². The van der Waals surface area contributed by atoms with Crippen LogP contribution in [0, 0.1) is 11.7 Å². The van der Waals surface area contributed by atoms with Gasteiger partial charge >= 0.3 is 0 Å². The Morgan fingerprint density at radius 1 is 1.18 bits per heavy atom. The topological polar surface area (TPSA) is 88.9 Å². The lowest BCUT2D eigenvalue weighted by molar-refractivity contribution is -0.113. The van der Waals surface area contributed by atoms with Gasteiger partial charge in [-0.2, -0.15) is 0 Å². The molecule has 0 aliphatic heterocycles. The second kappa shape index (κ2) is 11.8. The van der Waals surface area contributed by atoms with Crippen LogP contribution in [0.4, 0.5) is 10.1 Å². The van der Waals surface area contributed by atoms with Crippen molar-refractivity contribution >= 4 is 40.9 Å². The monoisotopic (exact) mass is 501 g/mol. The molecule has 0 bridgehead atoms. The van der Waals surface area contributed by atoms with Gasteiger partial charge in [-0.1, -0.05) is 55.4 Å². The van der Waals surface area contributed by atoms with Crippen molar-refractivity contribution in [3.05, 3.63) is 83.4 Å². The van der Waals surface area contributed by atoms with Crippen LogP contribution in [0.5, 0.6) is 0 Å². The van der Waals surface area contributed by atoms with Gasteiger partial charge in [-0.05, 0) is 42.3 Å². The number of amides is 2. The Bertz CT molecular complexity index is 1170. The van der Waals surface area contributed by atoms with Crippen molar-refractivity contribution in [2.75, 3.05) is 11.1 Å². The third kappa shape index (κ3) is 6.45. The molecule has 0 saturated carbocycles. The molecule has 10 heteroatoms. The standard InChI is InChI=1S/C24H25ClFN5O2S/c1-4-13-31-22(21(15(2)3)28-23(33)18-7-5-6-8-19(18)25)29-30-24(31)34-14-20(32)27-17-11-9-16(26)10-12-17/h4-12,15,21H,1,13-14H2,2-3H3,(H,27,32)(H,28,33)/t21-/m0/s1. The van der Waals surface area contributed by atoms with Crippen molar-refractivity contribution in [1.29, 1.82) is 0 Å². The van der Waals surface area contributed by atoms with Gasteiger partial charge in [0.15, 0.2) is 11.0 Å². The maximum Gasteiger partial charge on any atom is 0.253 e. The summed E-state index contributed by atoms with van der Waals surface area (Å²) in [5, 5.41) is 15.2. The number of thioether (sulfide) groups is 1. The van der Waals surface area contributed by atoms with Crippen LogP contribution in [-0.4, -0.2) is 32.3 Å². The number of nitrogens with zero attached hydrogens (tertiary/aromatic N) is 3. The fourth-order valence-corrected chi connectivity index (χ4v) is 4.17. The van der Waals surface area contributed by atoms with Gasteiger partial charge in [0.05, 0.1) is 22.4 Å². The van der Waals surface area contributed by atoms with Crippen LogP contribution < -0.4 is 10.6 Å². The Hall–Kier alpha value is -3.17. The van der Waals surface area contributed by atoms with Crippen LogP contribution in [0.15, 0.2) is 66.3 Å². The number of allylic oxidation sites excluding steroid dienone is 1. The zero-order valence-corrected chi connectivity index (χ0v) is 20.4. The zero-order valence-electron chi connectivity index (χ0n) is 18.8. The number of carbonyl (C=O) groups is 2. The summed E-state index contributed by atoms with van der Waals surface area (Å²) in [5.74, 6) is -0.330. The van der Waals surface area contributed by atoms with E-state index in [-0.39, 0.29) is 29.3 Å². The second-order valence-corrected chi connectivity index (χ2v) is 9.11. The Labute approximate surface area is 206 Å². The van der Waals surface area contributed by atoms with Crippen molar-refractivity contribution < 1.29 is 14.0 Å². The second-order valence-electron chi connectivity index (χ2n) is 7.76. The minimum atomic E-state index is -0.446. The lowest BCUT2D eigenvalue weighted by atomic mass is 10.0. The van der Waals surface area contributed by atoms with E-state index in [2.05, 4.69) is 27.4 Å². The van der Waals surface area contributed by atoms with Crippen molar-refractivity contribution in [1.82, 2.24) is 20.1 Å². The average molecular weight is 502 g/mol. The van der Waals surface area contributed by atoms with Gasteiger partial charge in [0.25, 0.3) is 5.91 Å². The molecule has 178 valence electrons. The van der Waals surface area contributed by atoms with E-state index < -0.39 is 6.04 Å². The summed E-state index contributed by atoms with van der Waals surface area (Å²) in [6.45, 7) is 8.13. The van der Waals surface area contributed by atoms with Gasteiger partial charge in [-0.15, -0.1) is 16.8 Å². The molecule has 0 aliphatic carbocycles. The molecule has 0 fully saturated rings. The Balaban J connectivity index is 1.75. The highest BCUT2D eigenvalue weighted by Gasteiger charge is 2.27. The van der Waals surface area contributed by atoms with Gasteiger partial charge in [-0.3, -0.25) is 9.59 Å². The van der Waals surface area contributed by atoms with E-state index in [1.165, 1.54) is 36.0 Å². The number of halogens is 2. The molecule has 1 atom stereocenters. The van der Waals surface area contributed by atoms with Crippen LogP contribution in [0.25, 0.3) is 0 Å². The predicted octanol–water partition coefficient (Wildman–Crippen LogP) is 5.11. The third-order valence-corrected chi connectivity index (χ3v) is 6.16. The highest BCUT2D eigenvalue weighted by atomic mass is 35.5. The smallest absolute Gasteiger partial charge is 0.253 e. The molecule has 2 N–H and O–H groups in total. The molecular formula is C24H25ClFN5O2S. The minimum absolute atomic E-state index is 0.00109. The number of anilines is 1. The molecule has 2 amide bonds. The zero-order chi connectivity index (χ0) is 24.7. The first-order valence-electron chi connectivity index (χ1n) is 10.6. The average Bonchev–Trinajstić information content (AvgIpc) is 3.20. The van der Waals surface area contributed by atoms with E-state index in [0.29, 0.717) is 33.8 Å². The van der Waals surface area contributed by atoms with Gasteiger partial charge in [0, 0.05) is 12.2 Å². The van der Waals surface area contributed by atoms with Crippen molar-refractivity contribution in [3.63, 3.8) is 0 Å².